The lowest BCUT2D eigenvalue weighted by atomic mass is 9.99. The maximum atomic E-state index is 12.5. The van der Waals surface area contributed by atoms with E-state index in [1.165, 1.54) is 17.0 Å². The first-order valence-corrected chi connectivity index (χ1v) is 8.92. The van der Waals surface area contributed by atoms with Gasteiger partial charge in [0.25, 0.3) is 5.69 Å². The Bertz CT molecular complexity index is 965. The zero-order valence-corrected chi connectivity index (χ0v) is 15.6. The third-order valence-corrected chi connectivity index (χ3v) is 4.50. The van der Waals surface area contributed by atoms with Gasteiger partial charge in [-0.2, -0.15) is 0 Å². The molecule has 0 aliphatic carbocycles. The van der Waals surface area contributed by atoms with Gasteiger partial charge in [0, 0.05) is 22.9 Å². The zero-order chi connectivity index (χ0) is 20.3. The fraction of sp³-hybridized carbons (Fsp3) is 0.238. The quantitative estimate of drug-likeness (QED) is 0.317. The first-order valence-electron chi connectivity index (χ1n) is 8.92. The number of cyclic esters (lactones) is 1. The Kier molecular flexibility index (Phi) is 5.54. The van der Waals surface area contributed by atoms with Crippen LogP contribution in [0.25, 0.3) is 6.08 Å². The molecule has 0 radical (unpaired) electrons. The van der Waals surface area contributed by atoms with Gasteiger partial charge in [-0.3, -0.25) is 19.8 Å². The molecule has 1 fully saturated rings. The standard InChI is InChI=1S/C21H20N2O5/c1-14(2)18-8-6-15(12-19(18)23(26)27)7-9-20(24)16-4-3-5-17(13-16)22-10-11-28-21(22)25/h3-9,12-14H,10-11H2,1-2H3. The smallest absolute Gasteiger partial charge is 0.414 e. The number of ketones is 1. The van der Waals surface area contributed by atoms with Crippen LogP contribution in [0, 0.1) is 10.1 Å². The molecular weight excluding hydrogens is 360 g/mol. The summed E-state index contributed by atoms with van der Waals surface area (Å²) in [5, 5.41) is 11.3. The second-order valence-electron chi connectivity index (χ2n) is 6.74. The van der Waals surface area contributed by atoms with E-state index in [1.54, 1.807) is 42.5 Å². The van der Waals surface area contributed by atoms with Crippen LogP contribution in [0.15, 0.2) is 48.5 Å². The number of nitrogens with zero attached hydrogens (tertiary/aromatic N) is 2. The first kappa shape index (κ1) is 19.3. The summed E-state index contributed by atoms with van der Waals surface area (Å²) >= 11 is 0. The Morgan fingerprint density at radius 1 is 1.25 bits per heavy atom. The molecule has 0 saturated carbocycles. The summed E-state index contributed by atoms with van der Waals surface area (Å²) in [6.45, 7) is 4.55. The van der Waals surface area contributed by atoms with Gasteiger partial charge < -0.3 is 4.74 Å². The molecule has 0 unspecified atom stereocenters. The summed E-state index contributed by atoms with van der Waals surface area (Å²) in [5.74, 6) is -0.231. The van der Waals surface area contributed by atoms with Crippen LogP contribution < -0.4 is 4.90 Å². The highest BCUT2D eigenvalue weighted by molar-refractivity contribution is 6.07. The van der Waals surface area contributed by atoms with Crippen LogP contribution in [-0.4, -0.2) is 30.0 Å². The van der Waals surface area contributed by atoms with E-state index in [-0.39, 0.29) is 17.4 Å². The average molecular weight is 380 g/mol. The lowest BCUT2D eigenvalue weighted by Gasteiger charge is -2.13. The monoisotopic (exact) mass is 380 g/mol. The third-order valence-electron chi connectivity index (χ3n) is 4.50. The first-order chi connectivity index (χ1) is 13.4. The highest BCUT2D eigenvalue weighted by Gasteiger charge is 2.24. The number of ether oxygens (including phenoxy) is 1. The predicted octanol–water partition coefficient (Wildman–Crippen LogP) is 4.57. The highest BCUT2D eigenvalue weighted by atomic mass is 16.6. The second kappa shape index (κ2) is 8.04. The van der Waals surface area contributed by atoms with E-state index in [1.807, 2.05) is 13.8 Å². The molecule has 0 N–H and O–H groups in total. The number of carbonyl (C=O) groups excluding carboxylic acids is 2. The van der Waals surface area contributed by atoms with Crippen molar-refractivity contribution in [3.8, 4) is 0 Å². The summed E-state index contributed by atoms with van der Waals surface area (Å²) in [5.41, 5.74) is 2.28. The third kappa shape index (κ3) is 4.09. The van der Waals surface area contributed by atoms with Crippen molar-refractivity contribution in [2.45, 2.75) is 19.8 Å². The van der Waals surface area contributed by atoms with E-state index in [4.69, 9.17) is 4.74 Å². The van der Waals surface area contributed by atoms with Gasteiger partial charge in [0.05, 0.1) is 11.5 Å². The van der Waals surface area contributed by atoms with Crippen LogP contribution in [0.3, 0.4) is 0 Å². The number of hydrogen-bond acceptors (Lipinski definition) is 5. The number of allylic oxidation sites excluding steroid dienone is 1. The summed E-state index contributed by atoms with van der Waals surface area (Å²) in [6, 6.07) is 11.7. The van der Waals surface area contributed by atoms with Gasteiger partial charge in [-0.1, -0.05) is 44.2 Å². The molecule has 2 aromatic rings. The molecule has 3 rings (SSSR count). The zero-order valence-electron chi connectivity index (χ0n) is 15.6. The minimum atomic E-state index is -0.433. The molecule has 1 heterocycles. The molecule has 1 aliphatic heterocycles. The van der Waals surface area contributed by atoms with Gasteiger partial charge >= 0.3 is 6.09 Å². The normalized spacial score (nSPS) is 14.0. The Morgan fingerprint density at radius 2 is 2.04 bits per heavy atom. The highest BCUT2D eigenvalue weighted by Crippen LogP contribution is 2.28. The van der Waals surface area contributed by atoms with E-state index in [2.05, 4.69) is 0 Å². The number of amides is 1. The summed E-state index contributed by atoms with van der Waals surface area (Å²) in [6.07, 6.45) is 2.49. The molecule has 1 amide bonds. The summed E-state index contributed by atoms with van der Waals surface area (Å²) in [7, 11) is 0. The molecule has 0 bridgehead atoms. The Morgan fingerprint density at radius 3 is 2.68 bits per heavy atom. The Labute approximate surface area is 162 Å². The predicted molar refractivity (Wildman–Crippen MR) is 106 cm³/mol. The number of nitro groups is 1. The van der Waals surface area contributed by atoms with Gasteiger partial charge in [0.2, 0.25) is 0 Å². The van der Waals surface area contributed by atoms with Crippen LogP contribution in [0.4, 0.5) is 16.2 Å². The van der Waals surface area contributed by atoms with E-state index < -0.39 is 11.0 Å². The number of nitro benzene ring substituents is 1. The minimum absolute atomic E-state index is 0.0279. The Balaban J connectivity index is 1.81. The number of anilines is 1. The van der Waals surface area contributed by atoms with E-state index in [0.29, 0.717) is 35.5 Å². The van der Waals surface area contributed by atoms with Crippen LogP contribution in [0.5, 0.6) is 0 Å². The van der Waals surface area contributed by atoms with Crippen molar-refractivity contribution in [1.29, 1.82) is 0 Å². The number of hydrogen-bond donors (Lipinski definition) is 0. The maximum Gasteiger partial charge on any atom is 0.414 e. The molecule has 0 aromatic heterocycles. The molecule has 28 heavy (non-hydrogen) atoms. The minimum Gasteiger partial charge on any atom is -0.447 e. The number of rotatable bonds is 6. The SMILES string of the molecule is CC(C)c1ccc(C=CC(=O)c2cccc(N3CCOC3=O)c2)cc1[N+](=O)[O-]. The molecule has 0 spiro atoms. The average Bonchev–Trinajstić information content (AvgIpc) is 3.11. The van der Waals surface area contributed by atoms with Crippen molar-refractivity contribution in [2.24, 2.45) is 0 Å². The fourth-order valence-corrected chi connectivity index (χ4v) is 3.03. The van der Waals surface area contributed by atoms with Gasteiger partial charge in [0.1, 0.15) is 6.61 Å². The number of carbonyl (C=O) groups is 2. The van der Waals surface area contributed by atoms with Gasteiger partial charge in [-0.05, 0) is 29.7 Å². The summed E-state index contributed by atoms with van der Waals surface area (Å²) in [4.78, 5) is 36.5. The maximum absolute atomic E-state index is 12.5. The Hall–Kier alpha value is -3.48. The molecule has 1 saturated heterocycles. The molecule has 7 nitrogen and oxygen atoms in total. The van der Waals surface area contributed by atoms with Crippen LogP contribution in [0.2, 0.25) is 0 Å². The van der Waals surface area contributed by atoms with Crippen molar-refractivity contribution < 1.29 is 19.2 Å². The van der Waals surface area contributed by atoms with Gasteiger partial charge in [-0.25, -0.2) is 4.79 Å². The van der Waals surface area contributed by atoms with E-state index in [9.17, 15) is 19.7 Å². The van der Waals surface area contributed by atoms with Crippen molar-refractivity contribution in [3.63, 3.8) is 0 Å². The van der Waals surface area contributed by atoms with Crippen molar-refractivity contribution in [3.05, 3.63) is 75.3 Å². The van der Waals surface area contributed by atoms with Crippen molar-refractivity contribution in [1.82, 2.24) is 0 Å². The molecule has 0 atom stereocenters. The lowest BCUT2D eigenvalue weighted by molar-refractivity contribution is -0.385. The van der Waals surface area contributed by atoms with Gasteiger partial charge in [0.15, 0.2) is 5.78 Å². The van der Waals surface area contributed by atoms with Crippen LogP contribution in [0.1, 0.15) is 41.3 Å². The molecule has 1 aliphatic rings. The van der Waals surface area contributed by atoms with Crippen molar-refractivity contribution >= 4 is 29.3 Å². The second-order valence-corrected chi connectivity index (χ2v) is 6.74. The number of benzene rings is 2. The molecule has 2 aromatic carbocycles. The van der Waals surface area contributed by atoms with Crippen LogP contribution in [-0.2, 0) is 4.74 Å². The molecule has 7 heteroatoms. The molecule has 144 valence electrons. The van der Waals surface area contributed by atoms with Gasteiger partial charge in [-0.15, -0.1) is 0 Å². The van der Waals surface area contributed by atoms with E-state index in [0.717, 1.165) is 0 Å². The topological polar surface area (TPSA) is 89.8 Å². The van der Waals surface area contributed by atoms with E-state index >= 15 is 0 Å². The van der Waals surface area contributed by atoms with Crippen molar-refractivity contribution in [2.75, 3.05) is 18.1 Å². The lowest BCUT2D eigenvalue weighted by Crippen LogP contribution is -2.23. The van der Waals surface area contributed by atoms with Crippen LogP contribution >= 0.6 is 0 Å². The fourth-order valence-electron chi connectivity index (χ4n) is 3.03. The summed E-state index contributed by atoms with van der Waals surface area (Å²) < 4.78 is 4.92. The molecular formula is C21H20N2O5. The largest absolute Gasteiger partial charge is 0.447 e.